The first kappa shape index (κ1) is 15.9. The minimum atomic E-state index is -0.170. The van der Waals surface area contributed by atoms with Gasteiger partial charge in [-0.15, -0.1) is 0 Å². The highest BCUT2D eigenvalue weighted by molar-refractivity contribution is 5.66. The van der Waals surface area contributed by atoms with Crippen LogP contribution in [0.3, 0.4) is 0 Å². The summed E-state index contributed by atoms with van der Waals surface area (Å²) >= 11 is 0. The molecule has 0 unspecified atom stereocenters. The predicted octanol–water partition coefficient (Wildman–Crippen LogP) is 3.82. The Morgan fingerprint density at radius 3 is 2.52 bits per heavy atom. The second-order valence-electron chi connectivity index (χ2n) is 6.29. The van der Waals surface area contributed by atoms with Gasteiger partial charge in [-0.1, -0.05) is 18.2 Å². The quantitative estimate of drug-likeness (QED) is 0.837. The van der Waals surface area contributed by atoms with Crippen LogP contribution in [0.15, 0.2) is 36.4 Å². The van der Waals surface area contributed by atoms with E-state index < -0.39 is 0 Å². The summed E-state index contributed by atoms with van der Waals surface area (Å²) in [7, 11) is 0. The lowest BCUT2D eigenvalue weighted by molar-refractivity contribution is 0.288. The zero-order valence-corrected chi connectivity index (χ0v) is 13.9. The van der Waals surface area contributed by atoms with Crippen molar-refractivity contribution in [2.24, 2.45) is 0 Å². The zero-order chi connectivity index (χ0) is 16.2. The fraction of sp³-hybridized carbons (Fsp3) is 0.421. The molecule has 0 saturated heterocycles. The number of hydrogen-bond acceptors (Lipinski definition) is 2. The van der Waals surface area contributed by atoms with E-state index in [1.54, 1.807) is 0 Å². The van der Waals surface area contributed by atoms with Gasteiger partial charge in [0, 0.05) is 31.9 Å². The maximum atomic E-state index is 13.0. The van der Waals surface area contributed by atoms with E-state index in [-0.39, 0.29) is 5.82 Å². The predicted molar refractivity (Wildman–Crippen MR) is 91.8 cm³/mol. The Kier molecular flexibility index (Phi) is 4.91. The zero-order valence-electron chi connectivity index (χ0n) is 13.9. The van der Waals surface area contributed by atoms with Crippen LogP contribution >= 0.6 is 0 Å². The van der Waals surface area contributed by atoms with E-state index in [1.807, 2.05) is 19.1 Å². The van der Waals surface area contributed by atoms with Gasteiger partial charge in [-0.3, -0.25) is 9.58 Å². The highest BCUT2D eigenvalue weighted by Gasteiger charge is 2.13. The SMILES string of the molecule is Cc1cc(C)n(CCCN2CC=C(c3ccc(F)cc3)CC2)n1. The molecule has 0 atom stereocenters. The van der Waals surface area contributed by atoms with Crippen LogP contribution in [0.1, 0.15) is 29.8 Å². The third-order valence-corrected chi connectivity index (χ3v) is 4.46. The van der Waals surface area contributed by atoms with Gasteiger partial charge in [0.2, 0.25) is 0 Å². The lowest BCUT2D eigenvalue weighted by Gasteiger charge is -2.26. The Morgan fingerprint density at radius 2 is 1.91 bits per heavy atom. The van der Waals surface area contributed by atoms with Crippen LogP contribution in [0.2, 0.25) is 0 Å². The van der Waals surface area contributed by atoms with Crippen LogP contribution in [0.5, 0.6) is 0 Å². The molecule has 0 spiro atoms. The summed E-state index contributed by atoms with van der Waals surface area (Å²) in [4.78, 5) is 2.47. The lowest BCUT2D eigenvalue weighted by Crippen LogP contribution is -2.30. The maximum Gasteiger partial charge on any atom is 0.123 e. The molecule has 1 aromatic carbocycles. The Labute approximate surface area is 137 Å². The van der Waals surface area contributed by atoms with Crippen LogP contribution in [0, 0.1) is 19.7 Å². The van der Waals surface area contributed by atoms with Crippen molar-refractivity contribution >= 4 is 5.57 Å². The molecule has 0 bridgehead atoms. The Hall–Kier alpha value is -1.94. The summed E-state index contributed by atoms with van der Waals surface area (Å²) < 4.78 is 15.1. The number of nitrogens with zero attached hydrogens (tertiary/aromatic N) is 3. The minimum absolute atomic E-state index is 0.170. The van der Waals surface area contributed by atoms with Gasteiger partial charge in [0.25, 0.3) is 0 Å². The Bertz CT molecular complexity index is 685. The van der Waals surface area contributed by atoms with Crippen molar-refractivity contribution in [3.63, 3.8) is 0 Å². The average molecular weight is 313 g/mol. The van der Waals surface area contributed by atoms with E-state index in [2.05, 4.69) is 33.7 Å². The van der Waals surface area contributed by atoms with Crippen molar-refractivity contribution in [2.45, 2.75) is 33.2 Å². The molecule has 1 aliphatic rings. The molecule has 1 aliphatic heterocycles. The van der Waals surface area contributed by atoms with Crippen LogP contribution in [0.4, 0.5) is 4.39 Å². The molecular weight excluding hydrogens is 289 g/mol. The summed E-state index contributed by atoms with van der Waals surface area (Å²) in [5.41, 5.74) is 4.81. The van der Waals surface area contributed by atoms with Gasteiger partial charge in [0.15, 0.2) is 0 Å². The molecule has 1 aromatic heterocycles. The number of halogens is 1. The fourth-order valence-corrected chi connectivity index (χ4v) is 3.19. The lowest BCUT2D eigenvalue weighted by atomic mass is 9.99. The van der Waals surface area contributed by atoms with Crippen molar-refractivity contribution < 1.29 is 4.39 Å². The van der Waals surface area contributed by atoms with E-state index in [4.69, 9.17) is 0 Å². The number of hydrogen-bond donors (Lipinski definition) is 0. The highest BCUT2D eigenvalue weighted by Crippen LogP contribution is 2.22. The summed E-state index contributed by atoms with van der Waals surface area (Å²) in [5, 5.41) is 4.51. The standard InChI is InChI=1S/C19H24FN3/c1-15-14-16(2)23(21-15)11-3-10-22-12-8-18(9-13-22)17-4-6-19(20)7-5-17/h4-8,14H,3,9-13H2,1-2H3. The average Bonchev–Trinajstić information content (AvgIpc) is 2.87. The smallest absolute Gasteiger partial charge is 0.123 e. The van der Waals surface area contributed by atoms with Crippen molar-refractivity contribution in [3.05, 3.63) is 59.2 Å². The van der Waals surface area contributed by atoms with Gasteiger partial charge in [0.05, 0.1) is 5.69 Å². The van der Waals surface area contributed by atoms with E-state index in [0.717, 1.165) is 50.3 Å². The third kappa shape index (κ3) is 4.08. The van der Waals surface area contributed by atoms with Crippen LogP contribution < -0.4 is 0 Å². The molecule has 2 aromatic rings. The molecule has 0 aliphatic carbocycles. The third-order valence-electron chi connectivity index (χ3n) is 4.46. The molecule has 0 radical (unpaired) electrons. The Morgan fingerprint density at radius 1 is 1.13 bits per heavy atom. The van der Waals surface area contributed by atoms with Gasteiger partial charge >= 0.3 is 0 Å². The van der Waals surface area contributed by atoms with Crippen LogP contribution in [0.25, 0.3) is 5.57 Å². The normalized spacial score (nSPS) is 15.7. The number of aromatic nitrogens is 2. The molecule has 0 fully saturated rings. The second kappa shape index (κ2) is 7.09. The summed E-state index contributed by atoms with van der Waals surface area (Å²) in [5.74, 6) is -0.170. The van der Waals surface area contributed by atoms with E-state index >= 15 is 0 Å². The monoisotopic (exact) mass is 313 g/mol. The molecule has 0 amide bonds. The highest BCUT2D eigenvalue weighted by atomic mass is 19.1. The van der Waals surface area contributed by atoms with Crippen molar-refractivity contribution in [2.75, 3.05) is 19.6 Å². The first-order valence-electron chi connectivity index (χ1n) is 8.30. The largest absolute Gasteiger partial charge is 0.299 e. The van der Waals surface area contributed by atoms with E-state index in [1.165, 1.54) is 23.4 Å². The fourth-order valence-electron chi connectivity index (χ4n) is 3.19. The van der Waals surface area contributed by atoms with Crippen LogP contribution in [-0.4, -0.2) is 34.3 Å². The summed E-state index contributed by atoms with van der Waals surface area (Å²) in [6.07, 6.45) is 4.42. The van der Waals surface area contributed by atoms with Crippen molar-refractivity contribution in [1.29, 1.82) is 0 Å². The molecule has 3 rings (SSSR count). The van der Waals surface area contributed by atoms with Gasteiger partial charge < -0.3 is 0 Å². The van der Waals surface area contributed by atoms with Crippen molar-refractivity contribution in [1.82, 2.24) is 14.7 Å². The van der Waals surface area contributed by atoms with E-state index in [0.29, 0.717) is 0 Å². The van der Waals surface area contributed by atoms with Crippen LogP contribution in [-0.2, 0) is 6.54 Å². The van der Waals surface area contributed by atoms with Gasteiger partial charge in [-0.2, -0.15) is 5.10 Å². The molecule has 2 heterocycles. The number of benzene rings is 1. The Balaban J connectivity index is 1.49. The molecule has 3 nitrogen and oxygen atoms in total. The molecule has 23 heavy (non-hydrogen) atoms. The first-order valence-corrected chi connectivity index (χ1v) is 8.30. The summed E-state index contributed by atoms with van der Waals surface area (Å²) in [6.45, 7) is 8.26. The molecule has 0 N–H and O–H groups in total. The second-order valence-corrected chi connectivity index (χ2v) is 6.29. The van der Waals surface area contributed by atoms with Crippen molar-refractivity contribution in [3.8, 4) is 0 Å². The van der Waals surface area contributed by atoms with Gasteiger partial charge in [-0.05, 0) is 56.0 Å². The molecule has 0 saturated carbocycles. The van der Waals surface area contributed by atoms with Gasteiger partial charge in [0.1, 0.15) is 5.82 Å². The summed E-state index contributed by atoms with van der Waals surface area (Å²) in [6, 6.07) is 8.95. The van der Waals surface area contributed by atoms with Gasteiger partial charge in [-0.25, -0.2) is 4.39 Å². The number of rotatable bonds is 5. The molecular formula is C19H24FN3. The maximum absolute atomic E-state index is 13.0. The first-order chi connectivity index (χ1) is 11.1. The topological polar surface area (TPSA) is 21.1 Å². The minimum Gasteiger partial charge on any atom is -0.299 e. The molecule has 4 heteroatoms. The number of aryl methyl sites for hydroxylation is 3. The molecule has 122 valence electrons. The van der Waals surface area contributed by atoms with E-state index in [9.17, 15) is 4.39 Å².